The second-order valence-electron chi connectivity index (χ2n) is 3.35. The van der Waals surface area contributed by atoms with Crippen LogP contribution in [0.3, 0.4) is 0 Å². The summed E-state index contributed by atoms with van der Waals surface area (Å²) in [5, 5.41) is 4.23. The van der Waals surface area contributed by atoms with E-state index < -0.39 is 0 Å². The maximum atomic E-state index is 13.1. The number of anilines is 1. The number of nitrogens with zero attached hydrogens (tertiary/aromatic N) is 1. The van der Waals surface area contributed by atoms with Gasteiger partial charge in [0.25, 0.3) is 5.91 Å². The highest BCUT2D eigenvalue weighted by atomic mass is 32.1. The normalized spacial score (nSPS) is 10.1. The number of benzene rings is 1. The van der Waals surface area contributed by atoms with E-state index in [9.17, 15) is 9.18 Å². The third kappa shape index (κ3) is 2.43. The number of carbonyl (C=O) groups is 1. The summed E-state index contributed by atoms with van der Waals surface area (Å²) in [4.78, 5) is 15.5. The van der Waals surface area contributed by atoms with E-state index in [0.717, 1.165) is 5.56 Å². The molecule has 0 saturated carbocycles. The Bertz CT molecular complexity index is 490. The molecule has 0 aliphatic heterocycles. The van der Waals surface area contributed by atoms with E-state index >= 15 is 0 Å². The second kappa shape index (κ2) is 4.40. The Morgan fingerprint density at radius 2 is 2.25 bits per heavy atom. The van der Waals surface area contributed by atoms with E-state index in [-0.39, 0.29) is 11.7 Å². The summed E-state index contributed by atoms with van der Waals surface area (Å²) in [7, 11) is 0. The maximum Gasteiger partial charge on any atom is 0.275 e. The average Bonchev–Trinajstić information content (AvgIpc) is 2.68. The zero-order valence-corrected chi connectivity index (χ0v) is 9.34. The van der Waals surface area contributed by atoms with Gasteiger partial charge in [0.2, 0.25) is 0 Å². The standard InChI is InChI=1S/C11H9FN2OS/c1-7-2-8(12)4-9(3-7)14-11(15)10-5-16-6-13-10/h2-6H,1H3,(H,14,15). The minimum atomic E-state index is -0.367. The van der Waals surface area contributed by atoms with Crippen LogP contribution in [-0.2, 0) is 0 Å². The van der Waals surface area contributed by atoms with E-state index in [0.29, 0.717) is 11.4 Å². The zero-order valence-electron chi connectivity index (χ0n) is 8.53. The van der Waals surface area contributed by atoms with Crippen LogP contribution >= 0.6 is 11.3 Å². The van der Waals surface area contributed by atoms with Crippen LogP contribution in [0.25, 0.3) is 0 Å². The Labute approximate surface area is 96.0 Å². The van der Waals surface area contributed by atoms with Gasteiger partial charge < -0.3 is 5.32 Å². The fraction of sp³-hybridized carbons (Fsp3) is 0.0909. The van der Waals surface area contributed by atoms with E-state index in [4.69, 9.17) is 0 Å². The molecule has 1 heterocycles. The van der Waals surface area contributed by atoms with Crippen LogP contribution < -0.4 is 5.32 Å². The molecule has 0 aliphatic carbocycles. The molecule has 1 N–H and O–H groups in total. The molecule has 0 fully saturated rings. The quantitative estimate of drug-likeness (QED) is 0.871. The van der Waals surface area contributed by atoms with Crippen molar-refractivity contribution in [2.24, 2.45) is 0 Å². The fourth-order valence-corrected chi connectivity index (χ4v) is 1.86. The molecule has 1 aromatic carbocycles. The third-order valence-corrected chi connectivity index (χ3v) is 2.55. The summed E-state index contributed by atoms with van der Waals surface area (Å²) in [5.74, 6) is -0.695. The van der Waals surface area contributed by atoms with Gasteiger partial charge in [-0.25, -0.2) is 9.37 Å². The molecular formula is C11H9FN2OS. The molecule has 1 aromatic heterocycles. The Morgan fingerprint density at radius 1 is 1.44 bits per heavy atom. The highest BCUT2D eigenvalue weighted by Crippen LogP contribution is 2.14. The van der Waals surface area contributed by atoms with Gasteiger partial charge in [0.05, 0.1) is 5.51 Å². The van der Waals surface area contributed by atoms with E-state index in [1.165, 1.54) is 23.5 Å². The van der Waals surface area contributed by atoms with Gasteiger partial charge in [-0.05, 0) is 30.7 Å². The van der Waals surface area contributed by atoms with E-state index in [1.54, 1.807) is 23.9 Å². The first kappa shape index (κ1) is 10.8. The largest absolute Gasteiger partial charge is 0.321 e. The van der Waals surface area contributed by atoms with Crippen molar-refractivity contribution in [2.45, 2.75) is 6.92 Å². The van der Waals surface area contributed by atoms with Crippen molar-refractivity contribution in [1.82, 2.24) is 4.98 Å². The van der Waals surface area contributed by atoms with Crippen LogP contribution in [0.5, 0.6) is 0 Å². The smallest absolute Gasteiger partial charge is 0.275 e. The van der Waals surface area contributed by atoms with Crippen LogP contribution in [0, 0.1) is 12.7 Å². The molecule has 0 radical (unpaired) electrons. The fourth-order valence-electron chi connectivity index (χ4n) is 1.33. The summed E-state index contributed by atoms with van der Waals surface area (Å²) in [6.45, 7) is 1.77. The molecule has 2 rings (SSSR count). The molecule has 0 bridgehead atoms. The molecule has 0 aliphatic rings. The number of hydrogen-bond acceptors (Lipinski definition) is 3. The van der Waals surface area contributed by atoms with Crippen LogP contribution in [0.4, 0.5) is 10.1 Å². The molecule has 2 aromatic rings. The summed E-state index contributed by atoms with van der Waals surface area (Å²) < 4.78 is 13.1. The number of aryl methyl sites for hydroxylation is 1. The van der Waals surface area contributed by atoms with Crippen molar-refractivity contribution in [3.8, 4) is 0 Å². The van der Waals surface area contributed by atoms with Crippen molar-refractivity contribution in [1.29, 1.82) is 0 Å². The Balaban J connectivity index is 2.18. The third-order valence-electron chi connectivity index (χ3n) is 1.96. The summed E-state index contributed by atoms with van der Waals surface area (Å²) in [5.41, 5.74) is 3.11. The predicted molar refractivity (Wildman–Crippen MR) is 61.2 cm³/mol. The number of thiazole rings is 1. The van der Waals surface area contributed by atoms with Crippen molar-refractivity contribution in [3.05, 3.63) is 46.2 Å². The number of hydrogen-bond donors (Lipinski definition) is 1. The lowest BCUT2D eigenvalue weighted by atomic mass is 10.2. The highest BCUT2D eigenvalue weighted by molar-refractivity contribution is 7.07. The maximum absolute atomic E-state index is 13.1. The van der Waals surface area contributed by atoms with Gasteiger partial charge in [-0.1, -0.05) is 0 Å². The minimum Gasteiger partial charge on any atom is -0.321 e. The first-order chi connectivity index (χ1) is 7.65. The van der Waals surface area contributed by atoms with Crippen molar-refractivity contribution < 1.29 is 9.18 Å². The SMILES string of the molecule is Cc1cc(F)cc(NC(=O)c2cscn2)c1. The lowest BCUT2D eigenvalue weighted by molar-refractivity contribution is 0.102. The van der Waals surface area contributed by atoms with Gasteiger partial charge in [-0.3, -0.25) is 4.79 Å². The lowest BCUT2D eigenvalue weighted by Crippen LogP contribution is -2.12. The predicted octanol–water partition coefficient (Wildman–Crippen LogP) is 2.84. The van der Waals surface area contributed by atoms with Gasteiger partial charge in [-0.15, -0.1) is 11.3 Å². The van der Waals surface area contributed by atoms with Crippen molar-refractivity contribution in [3.63, 3.8) is 0 Å². The number of aromatic nitrogens is 1. The topological polar surface area (TPSA) is 42.0 Å². The van der Waals surface area contributed by atoms with Crippen molar-refractivity contribution in [2.75, 3.05) is 5.32 Å². The average molecular weight is 236 g/mol. The molecule has 0 unspecified atom stereocenters. The van der Waals surface area contributed by atoms with Crippen molar-refractivity contribution >= 4 is 22.9 Å². The number of rotatable bonds is 2. The van der Waals surface area contributed by atoms with Crippen LogP contribution in [-0.4, -0.2) is 10.9 Å². The van der Waals surface area contributed by atoms with Gasteiger partial charge in [0.1, 0.15) is 11.5 Å². The molecule has 0 atom stereocenters. The number of carbonyl (C=O) groups excluding carboxylic acids is 1. The Kier molecular flexibility index (Phi) is 2.96. The first-order valence-corrected chi connectivity index (χ1v) is 5.56. The monoisotopic (exact) mass is 236 g/mol. The van der Waals surface area contributed by atoms with Crippen LogP contribution in [0.15, 0.2) is 29.1 Å². The van der Waals surface area contributed by atoms with E-state index in [1.807, 2.05) is 0 Å². The molecule has 0 saturated heterocycles. The minimum absolute atomic E-state index is 0.328. The summed E-state index contributed by atoms with van der Waals surface area (Å²) in [6, 6.07) is 4.38. The molecule has 1 amide bonds. The van der Waals surface area contributed by atoms with Gasteiger partial charge in [0, 0.05) is 11.1 Å². The Morgan fingerprint density at radius 3 is 2.88 bits per heavy atom. The van der Waals surface area contributed by atoms with Gasteiger partial charge in [-0.2, -0.15) is 0 Å². The zero-order chi connectivity index (χ0) is 11.5. The molecular weight excluding hydrogens is 227 g/mol. The summed E-state index contributed by atoms with van der Waals surface area (Å²) >= 11 is 1.34. The Hall–Kier alpha value is -1.75. The lowest BCUT2D eigenvalue weighted by Gasteiger charge is -2.04. The molecule has 3 nitrogen and oxygen atoms in total. The van der Waals surface area contributed by atoms with Crippen LogP contribution in [0.1, 0.15) is 16.1 Å². The molecule has 82 valence electrons. The highest BCUT2D eigenvalue weighted by Gasteiger charge is 2.08. The molecule has 0 spiro atoms. The van der Waals surface area contributed by atoms with Gasteiger partial charge in [0.15, 0.2) is 0 Å². The molecule has 16 heavy (non-hydrogen) atoms. The van der Waals surface area contributed by atoms with Gasteiger partial charge >= 0.3 is 0 Å². The van der Waals surface area contributed by atoms with Crippen LogP contribution in [0.2, 0.25) is 0 Å². The number of amides is 1. The second-order valence-corrected chi connectivity index (χ2v) is 4.06. The number of nitrogens with one attached hydrogen (secondary N) is 1. The first-order valence-electron chi connectivity index (χ1n) is 4.62. The summed E-state index contributed by atoms with van der Waals surface area (Å²) in [6.07, 6.45) is 0. The number of halogens is 1. The van der Waals surface area contributed by atoms with E-state index in [2.05, 4.69) is 10.3 Å². The molecule has 5 heteroatoms.